The van der Waals surface area contributed by atoms with Crippen LogP contribution in [-0.2, 0) is 12.7 Å². The van der Waals surface area contributed by atoms with Gasteiger partial charge in [0.15, 0.2) is 0 Å². The maximum absolute atomic E-state index is 12.8. The quantitative estimate of drug-likeness (QED) is 0.820. The van der Waals surface area contributed by atoms with Crippen molar-refractivity contribution in [1.82, 2.24) is 20.0 Å². The Bertz CT molecular complexity index is 662. The normalized spacial score (nSPS) is 25.0. The summed E-state index contributed by atoms with van der Waals surface area (Å²) in [5.74, 6) is 0. The molecule has 9 heteroatoms. The van der Waals surface area contributed by atoms with Crippen molar-refractivity contribution in [2.45, 2.75) is 24.9 Å². The molecule has 0 aromatic heterocycles. The number of hydrogen-bond acceptors (Lipinski definition) is 4. The Morgan fingerprint density at radius 3 is 2.59 bits per heavy atom. The summed E-state index contributed by atoms with van der Waals surface area (Å²) in [6.45, 7) is 4.19. The average molecular weight is 386 g/mol. The van der Waals surface area contributed by atoms with Crippen LogP contribution in [0.25, 0.3) is 0 Å². The van der Waals surface area contributed by atoms with Crippen molar-refractivity contribution in [2.75, 3.05) is 46.3 Å². The molecule has 1 aromatic rings. The molecule has 2 atom stereocenters. The molecule has 2 aliphatic heterocycles. The number of rotatable bonds is 3. The van der Waals surface area contributed by atoms with Gasteiger partial charge in [0.25, 0.3) is 0 Å². The van der Waals surface area contributed by atoms with E-state index in [2.05, 4.69) is 22.2 Å². The van der Waals surface area contributed by atoms with Crippen molar-refractivity contribution >= 4 is 6.03 Å². The first-order valence-corrected chi connectivity index (χ1v) is 9.03. The zero-order valence-corrected chi connectivity index (χ0v) is 15.2. The van der Waals surface area contributed by atoms with Crippen LogP contribution in [-0.4, -0.2) is 84.3 Å². The summed E-state index contributed by atoms with van der Waals surface area (Å²) in [4.78, 5) is 18.3. The van der Waals surface area contributed by atoms with Crippen LogP contribution in [0.4, 0.5) is 18.0 Å². The number of aliphatic hydroxyl groups excluding tert-OH is 1. The summed E-state index contributed by atoms with van der Waals surface area (Å²) in [6.07, 6.45) is -5.03. The second kappa shape index (κ2) is 8.04. The minimum Gasteiger partial charge on any atom is -0.390 e. The second-order valence-electron chi connectivity index (χ2n) is 7.24. The van der Waals surface area contributed by atoms with Crippen LogP contribution >= 0.6 is 0 Å². The molecule has 2 heterocycles. The molecule has 2 aliphatic rings. The minimum atomic E-state index is -4.41. The molecular weight excluding hydrogens is 361 g/mol. The first-order chi connectivity index (χ1) is 12.7. The van der Waals surface area contributed by atoms with Crippen LogP contribution in [0.3, 0.4) is 0 Å². The number of nitrogens with zero attached hydrogens (tertiary/aromatic N) is 3. The molecule has 0 saturated carbocycles. The number of alkyl halides is 3. The molecule has 3 rings (SSSR count). The van der Waals surface area contributed by atoms with Gasteiger partial charge in [0.1, 0.15) is 0 Å². The molecule has 27 heavy (non-hydrogen) atoms. The Hall–Kier alpha value is -1.84. The Balaban J connectivity index is 1.53. The van der Waals surface area contributed by atoms with Crippen LogP contribution in [0.1, 0.15) is 11.1 Å². The predicted octanol–water partition coefficient (Wildman–Crippen LogP) is 1.21. The topological polar surface area (TPSA) is 59.0 Å². The molecule has 0 radical (unpaired) electrons. The fraction of sp³-hybridized carbons (Fsp3) is 0.611. The third-order valence-corrected chi connectivity index (χ3v) is 5.25. The van der Waals surface area contributed by atoms with Crippen molar-refractivity contribution in [3.63, 3.8) is 0 Å². The number of aliphatic hydroxyl groups is 1. The number of likely N-dealkylation sites (N-methyl/N-ethyl adjacent to an activating group) is 1. The number of carbonyl (C=O) groups excluding carboxylic acids is 1. The number of benzene rings is 1. The smallest absolute Gasteiger partial charge is 0.390 e. The van der Waals surface area contributed by atoms with E-state index >= 15 is 0 Å². The number of urea groups is 1. The molecule has 2 N–H and O–H groups in total. The number of halogens is 3. The van der Waals surface area contributed by atoms with Crippen LogP contribution < -0.4 is 5.32 Å². The second-order valence-corrected chi connectivity index (χ2v) is 7.24. The Morgan fingerprint density at radius 1 is 1.22 bits per heavy atom. The maximum atomic E-state index is 12.8. The SMILES string of the molecule is CN1CCN([C@H]2CN(C(=O)NCc3cccc(C(F)(F)F)c3)C[C@@H]2O)CC1. The Labute approximate surface area is 156 Å². The zero-order valence-electron chi connectivity index (χ0n) is 15.2. The molecular formula is C18H25F3N4O2. The first kappa shape index (κ1) is 19.9. The van der Waals surface area contributed by atoms with E-state index in [1.54, 1.807) is 6.07 Å². The number of likely N-dealkylation sites (tertiary alicyclic amines) is 1. The number of piperazine rings is 1. The van der Waals surface area contributed by atoms with Gasteiger partial charge in [0.05, 0.1) is 17.7 Å². The van der Waals surface area contributed by atoms with E-state index in [0.29, 0.717) is 12.1 Å². The number of β-amino-alcohol motifs (C(OH)–C–C–N with tert-alkyl or cyclic N) is 1. The minimum absolute atomic E-state index is 0.00846. The molecule has 0 spiro atoms. The van der Waals surface area contributed by atoms with E-state index in [-0.39, 0.29) is 25.2 Å². The standard InChI is InChI=1S/C18H25F3N4O2/c1-23-5-7-24(8-6-23)15-11-25(12-16(15)26)17(27)22-10-13-3-2-4-14(9-13)18(19,20)21/h2-4,9,15-16,26H,5-8,10-12H2,1H3,(H,22,27)/t15-,16-/m0/s1. The van der Waals surface area contributed by atoms with Gasteiger partial charge in [-0.25, -0.2) is 4.79 Å². The van der Waals surface area contributed by atoms with Gasteiger partial charge < -0.3 is 20.2 Å². The summed E-state index contributed by atoms with van der Waals surface area (Å²) >= 11 is 0. The van der Waals surface area contributed by atoms with Crippen LogP contribution in [0.2, 0.25) is 0 Å². The summed E-state index contributed by atoms with van der Waals surface area (Å²) in [5, 5.41) is 13.0. The predicted molar refractivity (Wildman–Crippen MR) is 94.1 cm³/mol. The maximum Gasteiger partial charge on any atom is 0.416 e. The van der Waals surface area contributed by atoms with Crippen LogP contribution in [0.5, 0.6) is 0 Å². The lowest BCUT2D eigenvalue weighted by atomic mass is 10.1. The van der Waals surface area contributed by atoms with Gasteiger partial charge in [0.2, 0.25) is 0 Å². The van der Waals surface area contributed by atoms with Crippen molar-refractivity contribution in [3.8, 4) is 0 Å². The van der Waals surface area contributed by atoms with Crippen LogP contribution in [0, 0.1) is 0 Å². The third kappa shape index (κ3) is 4.91. The summed E-state index contributed by atoms with van der Waals surface area (Å²) in [5.41, 5.74) is -0.352. The monoisotopic (exact) mass is 386 g/mol. The van der Waals surface area contributed by atoms with Gasteiger partial charge in [-0.1, -0.05) is 12.1 Å². The van der Waals surface area contributed by atoms with E-state index in [9.17, 15) is 23.1 Å². The number of carbonyl (C=O) groups is 1. The van der Waals surface area contributed by atoms with Crippen molar-refractivity contribution in [2.24, 2.45) is 0 Å². The van der Waals surface area contributed by atoms with E-state index in [4.69, 9.17) is 0 Å². The highest BCUT2D eigenvalue weighted by Gasteiger charge is 2.38. The largest absolute Gasteiger partial charge is 0.416 e. The highest BCUT2D eigenvalue weighted by Crippen LogP contribution is 2.29. The van der Waals surface area contributed by atoms with E-state index in [1.807, 2.05) is 0 Å². The Morgan fingerprint density at radius 2 is 1.93 bits per heavy atom. The molecule has 2 amide bonds. The van der Waals surface area contributed by atoms with Crippen LogP contribution in [0.15, 0.2) is 24.3 Å². The molecule has 2 fully saturated rings. The lowest BCUT2D eigenvalue weighted by Crippen LogP contribution is -2.52. The van der Waals surface area contributed by atoms with E-state index in [0.717, 1.165) is 38.3 Å². The lowest BCUT2D eigenvalue weighted by Gasteiger charge is -2.37. The third-order valence-electron chi connectivity index (χ3n) is 5.25. The summed E-state index contributed by atoms with van der Waals surface area (Å²) < 4.78 is 38.3. The van der Waals surface area contributed by atoms with Gasteiger partial charge >= 0.3 is 12.2 Å². The zero-order chi connectivity index (χ0) is 19.6. The van der Waals surface area contributed by atoms with E-state index < -0.39 is 17.8 Å². The molecule has 0 bridgehead atoms. The van der Waals surface area contributed by atoms with Crippen molar-refractivity contribution in [3.05, 3.63) is 35.4 Å². The Kier molecular flexibility index (Phi) is 5.92. The summed E-state index contributed by atoms with van der Waals surface area (Å²) in [6, 6.07) is 4.44. The van der Waals surface area contributed by atoms with E-state index in [1.165, 1.54) is 11.0 Å². The van der Waals surface area contributed by atoms with Gasteiger partial charge in [0, 0.05) is 45.8 Å². The summed E-state index contributed by atoms with van der Waals surface area (Å²) in [7, 11) is 2.05. The molecule has 0 aliphatic carbocycles. The fourth-order valence-corrected chi connectivity index (χ4v) is 3.59. The number of hydrogen-bond donors (Lipinski definition) is 2. The highest BCUT2D eigenvalue weighted by atomic mass is 19.4. The fourth-order valence-electron chi connectivity index (χ4n) is 3.59. The molecule has 1 aromatic carbocycles. The van der Waals surface area contributed by atoms with Gasteiger partial charge in [-0.2, -0.15) is 13.2 Å². The van der Waals surface area contributed by atoms with Crippen molar-refractivity contribution in [1.29, 1.82) is 0 Å². The van der Waals surface area contributed by atoms with Gasteiger partial charge in [-0.05, 0) is 24.7 Å². The molecule has 6 nitrogen and oxygen atoms in total. The molecule has 2 saturated heterocycles. The molecule has 150 valence electrons. The van der Waals surface area contributed by atoms with Gasteiger partial charge in [-0.15, -0.1) is 0 Å². The highest BCUT2D eigenvalue weighted by molar-refractivity contribution is 5.74. The number of nitrogens with one attached hydrogen (secondary N) is 1. The average Bonchev–Trinajstić information content (AvgIpc) is 3.02. The molecule has 0 unspecified atom stereocenters. The number of amides is 2. The first-order valence-electron chi connectivity index (χ1n) is 9.03. The lowest BCUT2D eigenvalue weighted by molar-refractivity contribution is -0.137. The van der Waals surface area contributed by atoms with Gasteiger partial charge in [-0.3, -0.25) is 4.90 Å². The van der Waals surface area contributed by atoms with Crippen molar-refractivity contribution < 1.29 is 23.1 Å².